The van der Waals surface area contributed by atoms with Crippen molar-refractivity contribution in [3.8, 4) is 0 Å². The second kappa shape index (κ2) is 8.50. The highest BCUT2D eigenvalue weighted by Gasteiger charge is 2.08. The first-order chi connectivity index (χ1) is 7.97. The summed E-state index contributed by atoms with van der Waals surface area (Å²) in [5.74, 6) is -1.15. The van der Waals surface area contributed by atoms with Gasteiger partial charge in [-0.3, -0.25) is 9.59 Å². The van der Waals surface area contributed by atoms with Crippen molar-refractivity contribution in [3.63, 3.8) is 0 Å². The fourth-order valence-corrected chi connectivity index (χ4v) is 0.870. The fraction of sp³-hybridized carbons (Fsp3) is 0.583. The molecule has 0 aliphatic rings. The molecule has 0 saturated heterocycles. The van der Waals surface area contributed by atoms with Gasteiger partial charge in [-0.25, -0.2) is 4.79 Å². The summed E-state index contributed by atoms with van der Waals surface area (Å²) in [6.45, 7) is 6.97. The van der Waals surface area contributed by atoms with Gasteiger partial charge in [-0.05, 0) is 6.92 Å². The molecule has 0 atom stereocenters. The van der Waals surface area contributed by atoms with Crippen LogP contribution in [-0.4, -0.2) is 30.9 Å². The lowest BCUT2D eigenvalue weighted by Crippen LogP contribution is -2.13. The molecule has 0 aliphatic heterocycles. The van der Waals surface area contributed by atoms with Crippen LogP contribution in [0, 0.1) is 0 Å². The van der Waals surface area contributed by atoms with Crippen molar-refractivity contribution in [3.05, 3.63) is 12.2 Å². The molecule has 0 saturated carbocycles. The van der Waals surface area contributed by atoms with Crippen molar-refractivity contribution in [1.29, 1.82) is 0 Å². The Bertz CT molecular complexity index is 306. The number of hydrogen-bond donors (Lipinski definition) is 0. The largest absolute Gasteiger partial charge is 0.465 e. The highest BCUT2D eigenvalue weighted by atomic mass is 16.5. The maximum absolute atomic E-state index is 11.1. The number of esters is 2. The van der Waals surface area contributed by atoms with E-state index < -0.39 is 11.9 Å². The van der Waals surface area contributed by atoms with Crippen LogP contribution in [0.25, 0.3) is 0 Å². The third-order valence-corrected chi connectivity index (χ3v) is 1.87. The van der Waals surface area contributed by atoms with E-state index >= 15 is 0 Å². The SMILES string of the molecule is C=C(C)C(=O)OCCCOC(=O)CC(=O)CC. The molecule has 96 valence electrons. The van der Waals surface area contributed by atoms with Gasteiger partial charge in [-0.2, -0.15) is 0 Å². The Labute approximate surface area is 101 Å². The summed E-state index contributed by atoms with van der Waals surface area (Å²) in [6, 6.07) is 0. The third-order valence-electron chi connectivity index (χ3n) is 1.87. The Kier molecular flexibility index (Phi) is 7.67. The van der Waals surface area contributed by atoms with Gasteiger partial charge in [0.1, 0.15) is 12.2 Å². The Morgan fingerprint density at radius 1 is 1.12 bits per heavy atom. The van der Waals surface area contributed by atoms with Gasteiger partial charge in [0.2, 0.25) is 0 Å². The van der Waals surface area contributed by atoms with Crippen LogP contribution in [0.2, 0.25) is 0 Å². The van der Waals surface area contributed by atoms with Gasteiger partial charge >= 0.3 is 11.9 Å². The van der Waals surface area contributed by atoms with Crippen LogP contribution in [0.5, 0.6) is 0 Å². The van der Waals surface area contributed by atoms with Crippen molar-refractivity contribution >= 4 is 17.7 Å². The van der Waals surface area contributed by atoms with Crippen molar-refractivity contribution in [1.82, 2.24) is 0 Å². The van der Waals surface area contributed by atoms with E-state index in [1.165, 1.54) is 0 Å². The molecule has 0 spiro atoms. The summed E-state index contributed by atoms with van der Waals surface area (Å²) in [6.07, 6.45) is 0.540. The smallest absolute Gasteiger partial charge is 0.333 e. The molecule has 0 aromatic rings. The molecule has 0 rings (SSSR count). The standard InChI is InChI=1S/C12H18O5/c1-4-10(13)8-11(14)16-6-5-7-17-12(15)9(2)3/h2,4-8H2,1,3H3. The zero-order chi connectivity index (χ0) is 13.3. The number of rotatable bonds is 8. The molecule has 0 N–H and O–H groups in total. The maximum Gasteiger partial charge on any atom is 0.333 e. The number of ether oxygens (including phenoxy) is 2. The van der Waals surface area contributed by atoms with Gasteiger partial charge in [-0.1, -0.05) is 13.5 Å². The average molecular weight is 242 g/mol. The zero-order valence-corrected chi connectivity index (χ0v) is 10.3. The quantitative estimate of drug-likeness (QED) is 0.278. The molecule has 0 unspecified atom stereocenters. The number of carbonyl (C=O) groups excluding carboxylic acids is 3. The number of carbonyl (C=O) groups is 3. The van der Waals surface area contributed by atoms with Gasteiger partial charge in [0.15, 0.2) is 0 Å². The van der Waals surface area contributed by atoms with Gasteiger partial charge in [0, 0.05) is 18.4 Å². The first-order valence-electron chi connectivity index (χ1n) is 5.47. The summed E-state index contributed by atoms with van der Waals surface area (Å²) >= 11 is 0. The van der Waals surface area contributed by atoms with Gasteiger partial charge < -0.3 is 9.47 Å². The van der Waals surface area contributed by atoms with Crippen LogP contribution in [0.1, 0.15) is 33.1 Å². The molecule has 0 heterocycles. The van der Waals surface area contributed by atoms with Crippen LogP contribution in [0.4, 0.5) is 0 Å². The minimum atomic E-state index is -0.539. The molecule has 0 amide bonds. The van der Waals surface area contributed by atoms with Crippen LogP contribution in [0.3, 0.4) is 0 Å². The van der Waals surface area contributed by atoms with E-state index in [1.807, 2.05) is 0 Å². The monoisotopic (exact) mass is 242 g/mol. The normalized spacial score (nSPS) is 9.53. The Morgan fingerprint density at radius 3 is 2.24 bits per heavy atom. The molecule has 0 aromatic heterocycles. The van der Waals surface area contributed by atoms with Gasteiger partial charge in [0.05, 0.1) is 13.2 Å². The van der Waals surface area contributed by atoms with E-state index in [2.05, 4.69) is 6.58 Å². The number of hydrogen-bond acceptors (Lipinski definition) is 5. The fourth-order valence-electron chi connectivity index (χ4n) is 0.870. The number of Topliss-reactive ketones (excluding diaryl/α,β-unsaturated/α-hetero) is 1. The van der Waals surface area contributed by atoms with Crippen LogP contribution < -0.4 is 0 Å². The molecule has 0 bridgehead atoms. The predicted molar refractivity (Wildman–Crippen MR) is 61.3 cm³/mol. The first-order valence-corrected chi connectivity index (χ1v) is 5.47. The summed E-state index contributed by atoms with van der Waals surface area (Å²) in [5, 5.41) is 0. The molecule has 0 radical (unpaired) electrons. The van der Waals surface area contributed by atoms with Gasteiger partial charge in [-0.15, -0.1) is 0 Å². The summed E-state index contributed by atoms with van der Waals surface area (Å²) in [7, 11) is 0. The first kappa shape index (κ1) is 15.3. The molecule has 0 aliphatic carbocycles. The lowest BCUT2D eigenvalue weighted by atomic mass is 10.2. The van der Waals surface area contributed by atoms with Gasteiger partial charge in [0.25, 0.3) is 0 Å². The molecule has 5 heteroatoms. The molecular weight excluding hydrogens is 224 g/mol. The lowest BCUT2D eigenvalue weighted by molar-refractivity contribution is -0.146. The van der Waals surface area contributed by atoms with E-state index in [1.54, 1.807) is 13.8 Å². The highest BCUT2D eigenvalue weighted by Crippen LogP contribution is 1.96. The van der Waals surface area contributed by atoms with Crippen molar-refractivity contribution in [2.24, 2.45) is 0 Å². The zero-order valence-electron chi connectivity index (χ0n) is 10.3. The summed E-state index contributed by atoms with van der Waals surface area (Å²) < 4.78 is 9.57. The van der Waals surface area contributed by atoms with E-state index in [-0.39, 0.29) is 25.4 Å². The molecule has 0 fully saturated rings. The highest BCUT2D eigenvalue weighted by molar-refractivity contribution is 5.95. The molecule has 17 heavy (non-hydrogen) atoms. The van der Waals surface area contributed by atoms with E-state index in [0.29, 0.717) is 18.4 Å². The van der Waals surface area contributed by atoms with Crippen molar-refractivity contribution < 1.29 is 23.9 Å². The molecule has 0 aromatic carbocycles. The molecule has 5 nitrogen and oxygen atoms in total. The summed E-state index contributed by atoms with van der Waals surface area (Å²) in [5.41, 5.74) is 0.329. The Morgan fingerprint density at radius 2 is 1.71 bits per heavy atom. The van der Waals surface area contributed by atoms with Crippen molar-refractivity contribution in [2.75, 3.05) is 13.2 Å². The van der Waals surface area contributed by atoms with E-state index in [9.17, 15) is 14.4 Å². The minimum absolute atomic E-state index is 0.138. The average Bonchev–Trinajstić information content (AvgIpc) is 2.27. The predicted octanol–water partition coefficient (Wildman–Crippen LogP) is 1.41. The van der Waals surface area contributed by atoms with E-state index in [4.69, 9.17) is 9.47 Å². The molecular formula is C12H18O5. The lowest BCUT2D eigenvalue weighted by Gasteiger charge is -2.05. The second-order valence-corrected chi connectivity index (χ2v) is 3.56. The van der Waals surface area contributed by atoms with Crippen LogP contribution in [-0.2, 0) is 23.9 Å². The Hall–Kier alpha value is -1.65. The van der Waals surface area contributed by atoms with Crippen LogP contribution >= 0.6 is 0 Å². The van der Waals surface area contributed by atoms with Crippen molar-refractivity contribution in [2.45, 2.75) is 33.1 Å². The minimum Gasteiger partial charge on any atom is -0.465 e. The second-order valence-electron chi connectivity index (χ2n) is 3.56. The Balaban J connectivity index is 3.52. The maximum atomic E-state index is 11.1. The number of ketones is 1. The topological polar surface area (TPSA) is 69.7 Å². The van der Waals surface area contributed by atoms with E-state index in [0.717, 1.165) is 0 Å². The summed E-state index contributed by atoms with van der Waals surface area (Å²) in [4.78, 5) is 32.9. The van der Waals surface area contributed by atoms with Crippen LogP contribution in [0.15, 0.2) is 12.2 Å². The third kappa shape index (κ3) is 8.19.